The van der Waals surface area contributed by atoms with Crippen molar-refractivity contribution >= 4 is 33.1 Å². The molecule has 0 aliphatic carbocycles. The molecule has 3 heterocycles. The van der Waals surface area contributed by atoms with Gasteiger partial charge < -0.3 is 35.1 Å². The van der Waals surface area contributed by atoms with Gasteiger partial charge in [0, 0.05) is 33.8 Å². The summed E-state index contributed by atoms with van der Waals surface area (Å²) < 4.78 is 132. The molecule has 0 spiro atoms. The summed E-state index contributed by atoms with van der Waals surface area (Å²) in [5.41, 5.74) is 7.07. The minimum absolute atomic E-state index is 0.115. The number of nitrogen functional groups attached to an aromatic ring is 1. The lowest BCUT2D eigenvalue weighted by molar-refractivity contribution is -0.0907. The predicted octanol–water partition coefficient (Wildman–Crippen LogP) is 3.72. The molecule has 1 amide bonds. The van der Waals surface area contributed by atoms with Crippen LogP contribution in [-0.2, 0) is 37.3 Å². The van der Waals surface area contributed by atoms with E-state index in [4.69, 9.17) is 38.4 Å². The Morgan fingerprint density at radius 2 is 2.02 bits per heavy atom. The number of aryl methyl sites for hydroxylation is 1. The van der Waals surface area contributed by atoms with E-state index in [0.29, 0.717) is 21.3 Å². The summed E-state index contributed by atoms with van der Waals surface area (Å²) in [7, 11) is -4.87. The molecule has 46 heavy (non-hydrogen) atoms. The number of ether oxygens (including phenoxy) is 4. The average Bonchev–Trinajstić information content (AvgIpc) is 3.78. The van der Waals surface area contributed by atoms with Crippen LogP contribution >= 0.6 is 11.3 Å². The maximum atomic E-state index is 14.1. The SMILES string of the molecule is [2H]C([2H])([2H])C([2H])(CN(C[C@@H](O)[C@H](Cc1ccc(OCc2csc(C)n2)cc1)NC(=O)O[C@]1([2H])[C@@H]2CCO[C@@H]2OC1([2H])[2H])S(=O)(=O)c1ccc(N)cc1)C([2H])([2H])[2H]. The highest BCUT2D eigenvalue weighted by atomic mass is 32.2. The van der Waals surface area contributed by atoms with Crippen molar-refractivity contribution in [1.82, 2.24) is 14.6 Å². The molecule has 2 aliphatic heterocycles. The largest absolute Gasteiger partial charge is 0.487 e. The summed E-state index contributed by atoms with van der Waals surface area (Å²) in [5, 5.41) is 16.9. The second-order valence-corrected chi connectivity index (χ2v) is 13.8. The summed E-state index contributed by atoms with van der Waals surface area (Å²) >= 11 is 1.46. The fraction of sp³-hybridized carbons (Fsp3) is 0.500. The number of nitrogens with one attached hydrogen (secondary N) is 1. The number of aliphatic hydroxyl groups is 1. The summed E-state index contributed by atoms with van der Waals surface area (Å²) in [6.07, 6.45) is -7.25. The highest BCUT2D eigenvalue weighted by Crippen LogP contribution is 2.33. The lowest BCUT2D eigenvalue weighted by atomic mass is 10.0. The lowest BCUT2D eigenvalue weighted by Crippen LogP contribution is -2.51. The second kappa shape index (κ2) is 15.1. The lowest BCUT2D eigenvalue weighted by Gasteiger charge is -2.31. The van der Waals surface area contributed by atoms with Gasteiger partial charge in [0.1, 0.15) is 18.4 Å². The van der Waals surface area contributed by atoms with Crippen LogP contribution in [-0.4, -0.2) is 79.7 Å². The molecule has 0 radical (unpaired) electrons. The number of sulfonamides is 1. The van der Waals surface area contributed by atoms with Crippen LogP contribution in [0.1, 0.15) is 50.1 Å². The van der Waals surface area contributed by atoms with Crippen LogP contribution in [0.25, 0.3) is 0 Å². The Hall–Kier alpha value is -3.27. The van der Waals surface area contributed by atoms with Crippen LogP contribution in [0.5, 0.6) is 5.75 Å². The number of aromatic nitrogens is 1. The monoisotopic (exact) mass is 684 g/mol. The molecule has 2 aromatic carbocycles. The maximum absolute atomic E-state index is 14.1. The van der Waals surface area contributed by atoms with Gasteiger partial charge in [0.05, 0.1) is 50.9 Å². The molecule has 1 aromatic heterocycles. The van der Waals surface area contributed by atoms with Gasteiger partial charge in [-0.1, -0.05) is 25.8 Å². The zero-order valence-corrected chi connectivity index (χ0v) is 26.5. The van der Waals surface area contributed by atoms with Gasteiger partial charge in [0.15, 0.2) is 6.29 Å². The highest BCUT2D eigenvalue weighted by Gasteiger charge is 2.44. The standard InChI is InChI=1S/C32H42N4O8S2/c1-20(2)15-36(46(39,40)26-10-6-23(33)7-11-26)16-29(37)28(35-32(38)44-30-18-43-31-27(30)12-13-41-31)14-22-4-8-25(9-5-22)42-17-24-19-45-21(3)34-24/h4-11,19-20,27-31,37H,12-18,33H2,1-3H3,(H,35,38)/t27-,28-,29+,30-,31+/m0/s1/i1D3,2D3,18D2,20D,30D. The number of nitrogens with zero attached hydrogens (tertiary/aromatic N) is 2. The number of amides is 1. The third-order valence-electron chi connectivity index (χ3n) is 7.30. The van der Waals surface area contributed by atoms with E-state index in [0.717, 1.165) is 17.1 Å². The van der Waals surface area contributed by atoms with E-state index in [9.17, 15) is 18.3 Å². The summed E-state index contributed by atoms with van der Waals surface area (Å²) in [5.74, 6) is -3.96. The molecular weight excluding hydrogens is 633 g/mol. The van der Waals surface area contributed by atoms with Crippen LogP contribution in [0, 0.1) is 18.7 Å². The number of rotatable bonds is 14. The van der Waals surface area contributed by atoms with Crippen molar-refractivity contribution in [1.29, 1.82) is 0 Å². The zero-order valence-electron chi connectivity index (χ0n) is 34.8. The van der Waals surface area contributed by atoms with Crippen molar-refractivity contribution in [2.75, 3.05) is 32.0 Å². The van der Waals surface area contributed by atoms with Crippen molar-refractivity contribution in [2.45, 2.75) is 69.5 Å². The number of benzene rings is 2. The number of carbonyl (C=O) groups is 1. The number of alkyl carbamates (subject to hydrolysis) is 1. The van der Waals surface area contributed by atoms with Gasteiger partial charge in [-0.05, 0) is 67.6 Å². The second-order valence-electron chi connectivity index (χ2n) is 10.8. The molecule has 2 aliphatic rings. The number of aliphatic hydroxyl groups excluding tert-OH is 1. The quantitative estimate of drug-likeness (QED) is 0.213. The number of hydrogen-bond donors (Lipinski definition) is 3. The van der Waals surface area contributed by atoms with Crippen molar-refractivity contribution < 1.29 is 51.0 Å². The molecule has 5 atom stereocenters. The Bertz CT molecular complexity index is 1940. The summed E-state index contributed by atoms with van der Waals surface area (Å²) in [4.78, 5) is 17.4. The van der Waals surface area contributed by atoms with Gasteiger partial charge in [-0.3, -0.25) is 0 Å². The average molecular weight is 685 g/mol. The fourth-order valence-corrected chi connectivity index (χ4v) is 6.97. The Balaban J connectivity index is 1.46. The van der Waals surface area contributed by atoms with E-state index in [1.807, 2.05) is 12.3 Å². The number of nitrogens with two attached hydrogens (primary N) is 1. The number of carbonyl (C=O) groups excluding carboxylic acids is 1. The van der Waals surface area contributed by atoms with E-state index >= 15 is 0 Å². The van der Waals surface area contributed by atoms with Crippen molar-refractivity contribution in [3.05, 3.63) is 70.2 Å². The van der Waals surface area contributed by atoms with Gasteiger partial charge in [-0.2, -0.15) is 4.31 Å². The molecular formula is C32H42N4O8S2. The molecule has 2 fully saturated rings. The van der Waals surface area contributed by atoms with Crippen molar-refractivity contribution in [3.63, 3.8) is 0 Å². The summed E-state index contributed by atoms with van der Waals surface area (Å²) in [6.45, 7) is -10.2. The van der Waals surface area contributed by atoms with Crippen LogP contribution in [0.4, 0.5) is 10.5 Å². The van der Waals surface area contributed by atoms with Crippen LogP contribution in [0.2, 0.25) is 0 Å². The number of fused-ring (bicyclic) bond motifs is 1. The van der Waals surface area contributed by atoms with Crippen molar-refractivity contribution in [2.24, 2.45) is 11.8 Å². The highest BCUT2D eigenvalue weighted by molar-refractivity contribution is 7.89. The first-order valence-corrected chi connectivity index (χ1v) is 16.6. The number of thiazole rings is 1. The van der Waals surface area contributed by atoms with Gasteiger partial charge >= 0.3 is 6.09 Å². The minimum atomic E-state index is -4.87. The number of hydrogen-bond acceptors (Lipinski definition) is 11. The maximum Gasteiger partial charge on any atom is 0.407 e. The molecule has 250 valence electrons. The van der Waals surface area contributed by atoms with Gasteiger partial charge in [-0.25, -0.2) is 18.2 Å². The number of anilines is 1. The predicted molar refractivity (Wildman–Crippen MR) is 173 cm³/mol. The first kappa shape index (κ1) is 23.1. The molecule has 14 heteroatoms. The van der Waals surface area contributed by atoms with Gasteiger partial charge in [-0.15, -0.1) is 11.3 Å². The minimum Gasteiger partial charge on any atom is -0.487 e. The fourth-order valence-electron chi connectivity index (χ4n) is 4.94. The molecule has 12 nitrogen and oxygen atoms in total. The third kappa shape index (κ3) is 8.75. The third-order valence-corrected chi connectivity index (χ3v) is 9.95. The van der Waals surface area contributed by atoms with Gasteiger partial charge in [0.2, 0.25) is 10.0 Å². The Kier molecular flexibility index (Phi) is 7.59. The van der Waals surface area contributed by atoms with Crippen LogP contribution < -0.4 is 15.8 Å². The molecule has 0 bridgehead atoms. The smallest absolute Gasteiger partial charge is 0.407 e. The van der Waals surface area contributed by atoms with Gasteiger partial charge in [0.25, 0.3) is 0 Å². The van der Waals surface area contributed by atoms with Crippen LogP contribution in [0.15, 0.2) is 58.8 Å². The van der Waals surface area contributed by atoms with Crippen LogP contribution in [0.3, 0.4) is 0 Å². The molecule has 2 saturated heterocycles. The first-order chi connectivity index (χ1) is 25.9. The Labute approximate surface area is 287 Å². The first-order valence-electron chi connectivity index (χ1n) is 19.3. The van der Waals surface area contributed by atoms with E-state index in [-0.39, 0.29) is 31.7 Å². The molecule has 5 rings (SSSR count). The van der Waals surface area contributed by atoms with E-state index in [1.54, 1.807) is 24.3 Å². The molecule has 0 unspecified atom stereocenters. The Morgan fingerprint density at radius 3 is 2.72 bits per heavy atom. The van der Waals surface area contributed by atoms with E-state index in [2.05, 4.69) is 10.3 Å². The molecule has 0 saturated carbocycles. The molecule has 3 aromatic rings. The molecule has 4 N–H and O–H groups in total. The zero-order chi connectivity index (χ0) is 41.5. The normalized spacial score (nSPS) is 27.5. The van der Waals surface area contributed by atoms with E-state index < -0.39 is 90.7 Å². The van der Waals surface area contributed by atoms with E-state index in [1.165, 1.54) is 23.5 Å². The Morgan fingerprint density at radius 1 is 1.26 bits per heavy atom. The topological polar surface area (TPSA) is 163 Å². The van der Waals surface area contributed by atoms with Crippen molar-refractivity contribution in [3.8, 4) is 5.75 Å². The summed E-state index contributed by atoms with van der Waals surface area (Å²) in [6, 6.07) is 9.49.